The molecular formula is C13H18N2O. The molecule has 1 aromatic carbocycles. The van der Waals surface area contributed by atoms with Crippen LogP contribution in [0.1, 0.15) is 36.0 Å². The summed E-state index contributed by atoms with van der Waals surface area (Å²) in [6, 6.07) is 6.13. The van der Waals surface area contributed by atoms with E-state index in [1.807, 2.05) is 13.0 Å². The average Bonchev–Trinajstić information content (AvgIpc) is 2.28. The number of hydrogen-bond donors (Lipinski definition) is 1. The van der Waals surface area contributed by atoms with Crippen molar-refractivity contribution in [3.8, 4) is 11.8 Å². The summed E-state index contributed by atoms with van der Waals surface area (Å²) in [4.78, 5) is 0. The van der Waals surface area contributed by atoms with E-state index in [2.05, 4.69) is 19.1 Å². The highest BCUT2D eigenvalue weighted by Gasteiger charge is 2.12. The van der Waals surface area contributed by atoms with Crippen molar-refractivity contribution in [3.05, 3.63) is 28.8 Å². The van der Waals surface area contributed by atoms with E-state index in [0.29, 0.717) is 23.8 Å². The molecule has 1 aromatic rings. The van der Waals surface area contributed by atoms with Crippen molar-refractivity contribution >= 4 is 0 Å². The van der Waals surface area contributed by atoms with Gasteiger partial charge in [0.2, 0.25) is 0 Å². The fourth-order valence-corrected chi connectivity index (χ4v) is 1.86. The molecule has 0 aliphatic rings. The topological polar surface area (TPSA) is 59.0 Å². The minimum atomic E-state index is 0.377. The number of nitrogens with two attached hydrogens (primary N) is 1. The van der Waals surface area contributed by atoms with Gasteiger partial charge in [0.05, 0.1) is 12.7 Å². The fourth-order valence-electron chi connectivity index (χ4n) is 1.86. The second-order valence-corrected chi connectivity index (χ2v) is 4.01. The second kappa shape index (κ2) is 5.53. The Morgan fingerprint density at radius 3 is 2.69 bits per heavy atom. The molecule has 3 heteroatoms. The van der Waals surface area contributed by atoms with Crippen LogP contribution in [0.3, 0.4) is 0 Å². The van der Waals surface area contributed by atoms with Crippen LogP contribution in [0.25, 0.3) is 0 Å². The van der Waals surface area contributed by atoms with Crippen molar-refractivity contribution in [3.63, 3.8) is 0 Å². The highest BCUT2D eigenvalue weighted by Crippen LogP contribution is 2.29. The van der Waals surface area contributed by atoms with E-state index in [0.717, 1.165) is 17.5 Å². The van der Waals surface area contributed by atoms with Crippen molar-refractivity contribution in [1.82, 2.24) is 0 Å². The molecule has 0 amide bonds. The van der Waals surface area contributed by atoms with Gasteiger partial charge < -0.3 is 10.5 Å². The first kappa shape index (κ1) is 12.5. The largest absolute Gasteiger partial charge is 0.495 e. The number of methoxy groups -OCH3 is 1. The number of hydrogen-bond acceptors (Lipinski definition) is 3. The molecule has 0 bridgehead atoms. The molecule has 86 valence electrons. The number of aryl methyl sites for hydroxylation is 1. The summed E-state index contributed by atoms with van der Waals surface area (Å²) in [7, 11) is 1.59. The Morgan fingerprint density at radius 1 is 1.50 bits per heavy atom. The number of nitriles is 1. The monoisotopic (exact) mass is 218 g/mol. The summed E-state index contributed by atoms with van der Waals surface area (Å²) in [6.07, 6.45) is 0.927. The van der Waals surface area contributed by atoms with E-state index in [1.54, 1.807) is 7.11 Å². The minimum Gasteiger partial charge on any atom is -0.495 e. The van der Waals surface area contributed by atoms with E-state index in [-0.39, 0.29) is 0 Å². The maximum absolute atomic E-state index is 9.06. The highest BCUT2D eigenvalue weighted by molar-refractivity contribution is 5.51. The van der Waals surface area contributed by atoms with E-state index >= 15 is 0 Å². The standard InChI is InChI=1S/C13H18N2O/c1-9(4-5-14)11-6-10(2)13(16-3)12(7-11)8-15/h6-7,9H,4-5,14H2,1-3H3. The molecule has 1 atom stereocenters. The van der Waals surface area contributed by atoms with Crippen LogP contribution in [0.5, 0.6) is 5.75 Å². The zero-order valence-corrected chi connectivity index (χ0v) is 10.1. The molecule has 0 saturated carbocycles. The molecule has 1 rings (SSSR count). The predicted molar refractivity (Wildman–Crippen MR) is 64.5 cm³/mol. The first-order valence-electron chi connectivity index (χ1n) is 5.42. The van der Waals surface area contributed by atoms with Gasteiger partial charge in [0.25, 0.3) is 0 Å². The van der Waals surface area contributed by atoms with Crippen molar-refractivity contribution in [2.75, 3.05) is 13.7 Å². The molecule has 0 spiro atoms. The van der Waals surface area contributed by atoms with Gasteiger partial charge in [-0.15, -0.1) is 0 Å². The maximum Gasteiger partial charge on any atom is 0.139 e. The van der Waals surface area contributed by atoms with E-state index < -0.39 is 0 Å². The van der Waals surface area contributed by atoms with Crippen LogP contribution in [0.15, 0.2) is 12.1 Å². The summed E-state index contributed by atoms with van der Waals surface area (Å²) in [6.45, 7) is 4.74. The molecule has 0 fully saturated rings. The lowest BCUT2D eigenvalue weighted by Crippen LogP contribution is -2.05. The van der Waals surface area contributed by atoms with E-state index in [9.17, 15) is 0 Å². The Kier molecular flexibility index (Phi) is 4.33. The molecule has 3 nitrogen and oxygen atoms in total. The van der Waals surface area contributed by atoms with Crippen LogP contribution in [-0.4, -0.2) is 13.7 Å². The minimum absolute atomic E-state index is 0.377. The molecule has 0 aromatic heterocycles. The van der Waals surface area contributed by atoms with Gasteiger partial charge in [-0.1, -0.05) is 13.0 Å². The third-order valence-electron chi connectivity index (χ3n) is 2.79. The molecule has 0 radical (unpaired) electrons. The van der Waals surface area contributed by atoms with Crippen LogP contribution in [0.4, 0.5) is 0 Å². The molecule has 0 aliphatic heterocycles. The SMILES string of the molecule is COc1c(C)cc(C(C)CCN)cc1C#N. The van der Waals surface area contributed by atoms with Gasteiger partial charge in [-0.25, -0.2) is 0 Å². The Labute approximate surface area is 96.8 Å². The Hall–Kier alpha value is -1.53. The van der Waals surface area contributed by atoms with E-state index in [4.69, 9.17) is 15.7 Å². The third-order valence-corrected chi connectivity index (χ3v) is 2.79. The van der Waals surface area contributed by atoms with Gasteiger partial charge in [-0.2, -0.15) is 5.26 Å². The molecule has 0 aliphatic carbocycles. The van der Waals surface area contributed by atoms with Gasteiger partial charge in [0.1, 0.15) is 11.8 Å². The maximum atomic E-state index is 9.06. The summed E-state index contributed by atoms with van der Waals surface area (Å²) >= 11 is 0. The molecule has 16 heavy (non-hydrogen) atoms. The van der Waals surface area contributed by atoms with Crippen LogP contribution in [0, 0.1) is 18.3 Å². The molecule has 0 saturated heterocycles. The summed E-state index contributed by atoms with van der Waals surface area (Å²) < 4.78 is 5.21. The lowest BCUT2D eigenvalue weighted by molar-refractivity contribution is 0.410. The second-order valence-electron chi connectivity index (χ2n) is 4.01. The van der Waals surface area contributed by atoms with Crippen LogP contribution in [-0.2, 0) is 0 Å². The number of nitrogens with zero attached hydrogens (tertiary/aromatic N) is 1. The normalized spacial score (nSPS) is 11.9. The zero-order chi connectivity index (χ0) is 12.1. The predicted octanol–water partition coefficient (Wildman–Crippen LogP) is 2.33. The van der Waals surface area contributed by atoms with Gasteiger partial charge in [-0.3, -0.25) is 0 Å². The number of rotatable bonds is 4. The van der Waals surface area contributed by atoms with Crippen molar-refractivity contribution in [1.29, 1.82) is 5.26 Å². The van der Waals surface area contributed by atoms with Gasteiger partial charge >= 0.3 is 0 Å². The van der Waals surface area contributed by atoms with Crippen LogP contribution in [0.2, 0.25) is 0 Å². The highest BCUT2D eigenvalue weighted by atomic mass is 16.5. The average molecular weight is 218 g/mol. The summed E-state index contributed by atoms with van der Waals surface area (Å²) in [5.41, 5.74) is 8.29. The third kappa shape index (κ3) is 2.53. The molecule has 2 N–H and O–H groups in total. The molecular weight excluding hydrogens is 200 g/mol. The smallest absolute Gasteiger partial charge is 0.139 e. The van der Waals surface area contributed by atoms with Crippen LogP contribution >= 0.6 is 0 Å². The van der Waals surface area contributed by atoms with Gasteiger partial charge in [-0.05, 0) is 43.0 Å². The Bertz CT molecular complexity index is 407. The number of ether oxygens (including phenoxy) is 1. The van der Waals surface area contributed by atoms with Crippen LogP contribution < -0.4 is 10.5 Å². The number of benzene rings is 1. The first-order chi connectivity index (χ1) is 7.63. The van der Waals surface area contributed by atoms with Crippen molar-refractivity contribution in [2.45, 2.75) is 26.2 Å². The Morgan fingerprint density at radius 2 is 2.19 bits per heavy atom. The summed E-state index contributed by atoms with van der Waals surface area (Å²) in [5.74, 6) is 1.05. The van der Waals surface area contributed by atoms with Gasteiger partial charge in [0, 0.05) is 0 Å². The molecule has 0 heterocycles. The Balaban J connectivity index is 3.16. The van der Waals surface area contributed by atoms with Crippen molar-refractivity contribution in [2.24, 2.45) is 5.73 Å². The fraction of sp³-hybridized carbons (Fsp3) is 0.462. The lowest BCUT2D eigenvalue weighted by Gasteiger charge is -2.14. The van der Waals surface area contributed by atoms with Gasteiger partial charge in [0.15, 0.2) is 0 Å². The lowest BCUT2D eigenvalue weighted by atomic mass is 9.94. The zero-order valence-electron chi connectivity index (χ0n) is 10.1. The molecule has 1 unspecified atom stereocenters. The van der Waals surface area contributed by atoms with E-state index in [1.165, 1.54) is 0 Å². The summed E-state index contributed by atoms with van der Waals surface area (Å²) in [5, 5.41) is 9.06. The first-order valence-corrected chi connectivity index (χ1v) is 5.42. The quantitative estimate of drug-likeness (QED) is 0.843. The van der Waals surface area contributed by atoms with Crippen molar-refractivity contribution < 1.29 is 4.74 Å².